The van der Waals surface area contributed by atoms with Crippen LogP contribution >= 0.6 is 0 Å². The molecule has 6 heteroatoms. The van der Waals surface area contributed by atoms with Crippen molar-refractivity contribution in [2.24, 2.45) is 0 Å². The van der Waals surface area contributed by atoms with Crippen LogP contribution in [0.1, 0.15) is 38.5 Å². The van der Waals surface area contributed by atoms with Gasteiger partial charge >= 0.3 is 0 Å². The molecule has 0 aliphatic heterocycles. The van der Waals surface area contributed by atoms with E-state index in [0.717, 1.165) is 25.7 Å². The lowest BCUT2D eigenvalue weighted by atomic mass is 9.95. The fourth-order valence-corrected chi connectivity index (χ4v) is 2.77. The zero-order chi connectivity index (χ0) is 16.7. The molecule has 0 radical (unpaired) electrons. The van der Waals surface area contributed by atoms with Crippen molar-refractivity contribution in [3.63, 3.8) is 0 Å². The standard InChI is InChI=1S/C17H24N2O4/c1-22-13-8-9-14(15(10-13)23-2)19-17(21)11-16(20)18-12-6-4-3-5-7-12/h8-10,12H,3-7,11H2,1-2H3,(H,18,20)(H,19,21). The number of methoxy groups -OCH3 is 2. The molecular weight excluding hydrogens is 296 g/mol. The number of carbonyl (C=O) groups excluding carboxylic acids is 2. The van der Waals surface area contributed by atoms with Gasteiger partial charge in [0, 0.05) is 12.1 Å². The van der Waals surface area contributed by atoms with Crippen molar-refractivity contribution in [3.8, 4) is 11.5 Å². The maximum atomic E-state index is 12.0. The van der Waals surface area contributed by atoms with Crippen LogP contribution in [-0.4, -0.2) is 32.1 Å². The smallest absolute Gasteiger partial charge is 0.233 e. The van der Waals surface area contributed by atoms with Crippen LogP contribution in [0.4, 0.5) is 5.69 Å². The second kappa shape index (κ2) is 8.41. The van der Waals surface area contributed by atoms with Crippen LogP contribution in [0.5, 0.6) is 11.5 Å². The summed E-state index contributed by atoms with van der Waals surface area (Å²) < 4.78 is 10.3. The summed E-state index contributed by atoms with van der Waals surface area (Å²) in [5.74, 6) is 0.531. The number of hydrogen-bond acceptors (Lipinski definition) is 4. The van der Waals surface area contributed by atoms with Crippen molar-refractivity contribution < 1.29 is 19.1 Å². The summed E-state index contributed by atoms with van der Waals surface area (Å²) in [4.78, 5) is 24.0. The molecule has 23 heavy (non-hydrogen) atoms. The van der Waals surface area contributed by atoms with Crippen molar-refractivity contribution in [1.29, 1.82) is 0 Å². The molecule has 1 aliphatic carbocycles. The number of ether oxygens (including phenoxy) is 2. The largest absolute Gasteiger partial charge is 0.497 e. The van der Waals surface area contributed by atoms with E-state index in [9.17, 15) is 9.59 Å². The van der Waals surface area contributed by atoms with Crippen LogP contribution < -0.4 is 20.1 Å². The van der Waals surface area contributed by atoms with Crippen LogP contribution in [0.15, 0.2) is 18.2 Å². The summed E-state index contributed by atoms with van der Waals surface area (Å²) in [7, 11) is 3.07. The number of benzene rings is 1. The molecule has 0 saturated heterocycles. The molecule has 0 spiro atoms. The summed E-state index contributed by atoms with van der Waals surface area (Å²) in [5.41, 5.74) is 0.517. The van der Waals surface area contributed by atoms with Crippen molar-refractivity contribution in [1.82, 2.24) is 5.32 Å². The summed E-state index contributed by atoms with van der Waals surface area (Å²) in [5, 5.41) is 5.63. The molecule has 2 amide bonds. The van der Waals surface area contributed by atoms with Crippen LogP contribution in [0.3, 0.4) is 0 Å². The number of hydrogen-bond donors (Lipinski definition) is 2. The molecule has 126 valence electrons. The van der Waals surface area contributed by atoms with Gasteiger partial charge in [0.25, 0.3) is 0 Å². The molecule has 6 nitrogen and oxygen atoms in total. The first-order chi connectivity index (χ1) is 11.1. The van der Waals surface area contributed by atoms with Crippen LogP contribution in [0.2, 0.25) is 0 Å². The van der Waals surface area contributed by atoms with Crippen molar-refractivity contribution in [2.75, 3.05) is 19.5 Å². The second-order valence-corrected chi connectivity index (χ2v) is 5.69. The fraction of sp³-hybridized carbons (Fsp3) is 0.529. The van der Waals surface area contributed by atoms with Crippen LogP contribution in [-0.2, 0) is 9.59 Å². The molecule has 1 aromatic carbocycles. The average molecular weight is 320 g/mol. The van der Waals surface area contributed by atoms with E-state index in [0.29, 0.717) is 17.2 Å². The fourth-order valence-electron chi connectivity index (χ4n) is 2.77. The SMILES string of the molecule is COc1ccc(NC(=O)CC(=O)NC2CCCCC2)c(OC)c1. The molecule has 0 bridgehead atoms. The predicted octanol–water partition coefficient (Wildman–Crippen LogP) is 2.48. The molecule has 1 aromatic rings. The first-order valence-electron chi connectivity index (χ1n) is 7.93. The highest BCUT2D eigenvalue weighted by Crippen LogP contribution is 2.29. The Morgan fingerprint density at radius 3 is 2.48 bits per heavy atom. The Morgan fingerprint density at radius 2 is 1.83 bits per heavy atom. The Bertz CT molecular complexity index is 554. The van der Waals surface area contributed by atoms with Crippen molar-refractivity contribution in [2.45, 2.75) is 44.6 Å². The number of anilines is 1. The summed E-state index contributed by atoms with van der Waals surface area (Å²) >= 11 is 0. The Kier molecular flexibility index (Phi) is 6.26. The number of rotatable bonds is 6. The molecule has 1 fully saturated rings. The normalized spacial score (nSPS) is 14.9. The Morgan fingerprint density at radius 1 is 1.09 bits per heavy atom. The molecule has 0 unspecified atom stereocenters. The third kappa shape index (κ3) is 5.16. The van der Waals surface area contributed by atoms with Gasteiger partial charge in [0.2, 0.25) is 11.8 Å². The Balaban J connectivity index is 1.87. The second-order valence-electron chi connectivity index (χ2n) is 5.69. The van der Waals surface area contributed by atoms with E-state index in [1.54, 1.807) is 25.3 Å². The molecule has 1 saturated carbocycles. The van der Waals surface area contributed by atoms with Gasteiger partial charge < -0.3 is 20.1 Å². The van der Waals surface area contributed by atoms with E-state index in [4.69, 9.17) is 9.47 Å². The molecule has 2 N–H and O–H groups in total. The van der Waals surface area contributed by atoms with Crippen LogP contribution in [0, 0.1) is 0 Å². The highest BCUT2D eigenvalue weighted by Gasteiger charge is 2.18. The molecule has 2 rings (SSSR count). The minimum absolute atomic E-state index is 0.189. The average Bonchev–Trinajstić information content (AvgIpc) is 2.55. The van der Waals surface area contributed by atoms with Gasteiger partial charge in [-0.05, 0) is 25.0 Å². The van der Waals surface area contributed by atoms with E-state index in [1.807, 2.05) is 0 Å². The van der Waals surface area contributed by atoms with Crippen molar-refractivity contribution >= 4 is 17.5 Å². The van der Waals surface area contributed by atoms with Gasteiger partial charge in [-0.15, -0.1) is 0 Å². The number of amides is 2. The number of carbonyl (C=O) groups is 2. The summed E-state index contributed by atoms with van der Waals surface area (Å²) in [6.07, 6.45) is 5.31. The van der Waals surface area contributed by atoms with Gasteiger partial charge in [-0.3, -0.25) is 9.59 Å². The van der Waals surface area contributed by atoms with E-state index in [1.165, 1.54) is 13.5 Å². The van der Waals surface area contributed by atoms with Gasteiger partial charge in [0.05, 0.1) is 19.9 Å². The lowest BCUT2D eigenvalue weighted by molar-refractivity contribution is -0.127. The zero-order valence-corrected chi connectivity index (χ0v) is 13.7. The summed E-state index contributed by atoms with van der Waals surface area (Å²) in [6, 6.07) is 5.30. The first-order valence-corrected chi connectivity index (χ1v) is 7.93. The highest BCUT2D eigenvalue weighted by atomic mass is 16.5. The predicted molar refractivity (Wildman–Crippen MR) is 87.8 cm³/mol. The quantitative estimate of drug-likeness (QED) is 0.790. The lowest BCUT2D eigenvalue weighted by Gasteiger charge is -2.22. The van der Waals surface area contributed by atoms with Crippen molar-refractivity contribution in [3.05, 3.63) is 18.2 Å². The maximum absolute atomic E-state index is 12.0. The molecule has 1 aliphatic rings. The third-order valence-corrected chi connectivity index (χ3v) is 3.97. The van der Waals surface area contributed by atoms with Gasteiger partial charge in [-0.25, -0.2) is 0 Å². The minimum atomic E-state index is -0.359. The highest BCUT2D eigenvalue weighted by molar-refractivity contribution is 6.04. The number of nitrogens with one attached hydrogen (secondary N) is 2. The van der Waals surface area contributed by atoms with Gasteiger partial charge in [0.15, 0.2) is 0 Å². The van der Waals surface area contributed by atoms with E-state index in [-0.39, 0.29) is 24.3 Å². The van der Waals surface area contributed by atoms with E-state index in [2.05, 4.69) is 10.6 Å². The van der Waals surface area contributed by atoms with Crippen LogP contribution in [0.25, 0.3) is 0 Å². The Labute approximate surface area is 136 Å². The molecule has 0 heterocycles. The van der Waals surface area contributed by atoms with Gasteiger partial charge in [-0.2, -0.15) is 0 Å². The van der Waals surface area contributed by atoms with E-state index >= 15 is 0 Å². The Hall–Kier alpha value is -2.24. The topological polar surface area (TPSA) is 76.7 Å². The zero-order valence-electron chi connectivity index (χ0n) is 13.7. The monoisotopic (exact) mass is 320 g/mol. The molecular formula is C17H24N2O4. The summed E-state index contributed by atoms with van der Waals surface area (Å²) in [6.45, 7) is 0. The maximum Gasteiger partial charge on any atom is 0.233 e. The first kappa shape index (κ1) is 17.1. The molecule has 0 atom stereocenters. The van der Waals surface area contributed by atoms with Gasteiger partial charge in [-0.1, -0.05) is 19.3 Å². The minimum Gasteiger partial charge on any atom is -0.497 e. The van der Waals surface area contributed by atoms with E-state index < -0.39 is 0 Å². The third-order valence-electron chi connectivity index (χ3n) is 3.97. The lowest BCUT2D eigenvalue weighted by Crippen LogP contribution is -2.37. The van der Waals surface area contributed by atoms with Gasteiger partial charge in [0.1, 0.15) is 17.9 Å². The molecule has 0 aromatic heterocycles.